The summed E-state index contributed by atoms with van der Waals surface area (Å²) in [4.78, 5) is 2.26. The molecule has 2 aliphatic rings. The highest BCUT2D eigenvalue weighted by molar-refractivity contribution is 6.30. The topological polar surface area (TPSA) is 62.2 Å². The predicted molar refractivity (Wildman–Crippen MR) is 87.9 cm³/mol. The van der Waals surface area contributed by atoms with Gasteiger partial charge in [-0.3, -0.25) is 4.90 Å². The van der Waals surface area contributed by atoms with E-state index in [9.17, 15) is 10.2 Å². The van der Waals surface area contributed by atoms with Crippen LogP contribution in [0.5, 0.6) is 5.75 Å². The summed E-state index contributed by atoms with van der Waals surface area (Å²) in [5.41, 5.74) is -1.27. The number of nitrogens with zero attached hydrogens (tertiary/aromatic N) is 1. The van der Waals surface area contributed by atoms with E-state index < -0.39 is 11.7 Å². The lowest BCUT2D eigenvalue weighted by Crippen LogP contribution is -2.62. The Hall–Kier alpha value is -0.850. The van der Waals surface area contributed by atoms with Crippen molar-refractivity contribution < 1.29 is 19.7 Å². The second kappa shape index (κ2) is 7.36. The van der Waals surface area contributed by atoms with Crippen LogP contribution in [0.1, 0.15) is 19.3 Å². The molecule has 0 spiro atoms. The Balaban J connectivity index is 1.62. The third kappa shape index (κ3) is 4.17. The highest BCUT2D eigenvalue weighted by Gasteiger charge is 2.43. The van der Waals surface area contributed by atoms with Gasteiger partial charge in [-0.25, -0.2) is 0 Å². The summed E-state index contributed by atoms with van der Waals surface area (Å²) < 4.78 is 11.1. The number of rotatable bonds is 4. The molecular weight excluding hydrogens is 318 g/mol. The number of halogens is 1. The molecule has 3 rings (SSSR count). The average Bonchev–Trinajstić information content (AvgIpc) is 2.57. The highest BCUT2D eigenvalue weighted by Crippen LogP contribution is 2.28. The van der Waals surface area contributed by atoms with E-state index in [1.807, 2.05) is 0 Å². The number of benzene rings is 1. The van der Waals surface area contributed by atoms with Crippen LogP contribution in [-0.2, 0) is 4.74 Å². The van der Waals surface area contributed by atoms with Gasteiger partial charge in [0.15, 0.2) is 0 Å². The molecule has 2 N–H and O–H groups in total. The minimum absolute atomic E-state index is 0.0498. The van der Waals surface area contributed by atoms with Crippen molar-refractivity contribution in [2.45, 2.75) is 37.0 Å². The van der Waals surface area contributed by atoms with Crippen LogP contribution < -0.4 is 4.74 Å². The maximum Gasteiger partial charge on any atom is 0.137 e. The summed E-state index contributed by atoms with van der Waals surface area (Å²) in [7, 11) is 0. The quantitative estimate of drug-likeness (QED) is 0.872. The van der Waals surface area contributed by atoms with E-state index in [4.69, 9.17) is 21.1 Å². The fourth-order valence-electron chi connectivity index (χ4n) is 3.36. The molecule has 23 heavy (non-hydrogen) atoms. The Labute approximate surface area is 141 Å². The zero-order valence-electron chi connectivity index (χ0n) is 13.2. The van der Waals surface area contributed by atoms with Gasteiger partial charge in [-0.1, -0.05) is 17.7 Å². The fourth-order valence-corrected chi connectivity index (χ4v) is 3.54. The van der Waals surface area contributed by atoms with E-state index in [1.54, 1.807) is 24.3 Å². The first-order valence-corrected chi connectivity index (χ1v) is 8.55. The summed E-state index contributed by atoms with van der Waals surface area (Å²) >= 11 is 5.94. The number of β-amino-alcohol motifs (C(OH)–C–C–N with tert-alkyl or cyclic N) is 1. The van der Waals surface area contributed by atoms with Gasteiger partial charge in [0, 0.05) is 37.4 Å². The van der Waals surface area contributed by atoms with Crippen molar-refractivity contribution in [2.24, 2.45) is 0 Å². The van der Waals surface area contributed by atoms with Crippen LogP contribution in [-0.4, -0.2) is 65.8 Å². The molecule has 1 aromatic rings. The van der Waals surface area contributed by atoms with Gasteiger partial charge in [-0.2, -0.15) is 0 Å². The number of hydrogen-bond donors (Lipinski definition) is 2. The molecule has 0 aliphatic carbocycles. The molecule has 2 saturated heterocycles. The first-order chi connectivity index (χ1) is 11.1. The summed E-state index contributed by atoms with van der Waals surface area (Å²) in [6.07, 6.45) is 1.72. The van der Waals surface area contributed by atoms with Crippen LogP contribution >= 0.6 is 11.6 Å². The van der Waals surface area contributed by atoms with Crippen LogP contribution in [0.25, 0.3) is 0 Å². The number of aliphatic hydroxyl groups is 2. The van der Waals surface area contributed by atoms with E-state index in [1.165, 1.54) is 0 Å². The molecule has 5 nitrogen and oxygen atoms in total. The van der Waals surface area contributed by atoms with Crippen molar-refractivity contribution >= 4 is 11.6 Å². The maximum atomic E-state index is 10.9. The molecule has 2 aliphatic heterocycles. The molecule has 0 amide bonds. The van der Waals surface area contributed by atoms with Gasteiger partial charge < -0.3 is 19.7 Å². The minimum atomic E-state index is -1.27. The molecule has 0 aromatic heterocycles. The van der Waals surface area contributed by atoms with Crippen molar-refractivity contribution in [1.29, 1.82) is 0 Å². The Kier molecular flexibility index (Phi) is 5.44. The molecule has 0 bridgehead atoms. The first-order valence-electron chi connectivity index (χ1n) is 8.17. The van der Waals surface area contributed by atoms with Gasteiger partial charge in [0.1, 0.15) is 18.0 Å². The summed E-state index contributed by atoms with van der Waals surface area (Å²) in [5.74, 6) is 0.598. The maximum absolute atomic E-state index is 10.9. The molecule has 2 heterocycles. The molecule has 2 fully saturated rings. The largest absolute Gasteiger partial charge is 0.490 e. The minimum Gasteiger partial charge on any atom is -0.490 e. The third-order valence-electron chi connectivity index (χ3n) is 4.78. The molecular formula is C17H24ClNO4. The van der Waals surface area contributed by atoms with Crippen molar-refractivity contribution in [3.63, 3.8) is 0 Å². The normalized spacial score (nSPS) is 30.3. The number of aliphatic hydroxyl groups excluding tert-OH is 1. The van der Waals surface area contributed by atoms with E-state index in [0.717, 1.165) is 32.6 Å². The summed E-state index contributed by atoms with van der Waals surface area (Å²) in [6, 6.07) is 7.48. The van der Waals surface area contributed by atoms with Crippen LogP contribution in [0.4, 0.5) is 0 Å². The third-order valence-corrected chi connectivity index (χ3v) is 5.01. The van der Waals surface area contributed by atoms with Crippen LogP contribution in [0.15, 0.2) is 24.3 Å². The molecule has 1 aromatic carbocycles. The summed E-state index contributed by atoms with van der Waals surface area (Å²) in [6.45, 7) is 2.79. The van der Waals surface area contributed by atoms with Crippen molar-refractivity contribution in [1.82, 2.24) is 4.90 Å². The molecule has 6 heteroatoms. The zero-order chi connectivity index (χ0) is 16.3. The Morgan fingerprint density at radius 3 is 2.83 bits per heavy atom. The number of likely N-dealkylation sites (tertiary alicyclic amines) is 1. The zero-order valence-corrected chi connectivity index (χ0v) is 13.9. The average molecular weight is 342 g/mol. The second-order valence-corrected chi connectivity index (χ2v) is 6.90. The molecule has 0 saturated carbocycles. The van der Waals surface area contributed by atoms with Crippen LogP contribution in [0.3, 0.4) is 0 Å². The van der Waals surface area contributed by atoms with Crippen molar-refractivity contribution in [3.8, 4) is 5.75 Å². The number of ether oxygens (including phenoxy) is 2. The lowest BCUT2D eigenvalue weighted by atomic mass is 9.88. The Bertz CT molecular complexity index is 523. The number of piperidine rings is 1. The van der Waals surface area contributed by atoms with Crippen molar-refractivity contribution in [3.05, 3.63) is 29.3 Å². The predicted octanol–water partition coefficient (Wildman–Crippen LogP) is 1.70. The van der Waals surface area contributed by atoms with Crippen LogP contribution in [0, 0.1) is 0 Å². The molecule has 2 atom stereocenters. The van der Waals surface area contributed by atoms with Crippen LogP contribution in [0.2, 0.25) is 5.02 Å². The highest BCUT2D eigenvalue weighted by atomic mass is 35.5. The lowest BCUT2D eigenvalue weighted by molar-refractivity contribution is -0.149. The molecule has 128 valence electrons. The molecule has 0 radical (unpaired) electrons. The van der Waals surface area contributed by atoms with Gasteiger partial charge in [0.25, 0.3) is 0 Å². The van der Waals surface area contributed by atoms with Gasteiger partial charge >= 0.3 is 0 Å². The Morgan fingerprint density at radius 1 is 1.30 bits per heavy atom. The number of hydrogen-bond acceptors (Lipinski definition) is 5. The van der Waals surface area contributed by atoms with E-state index >= 15 is 0 Å². The van der Waals surface area contributed by atoms with Gasteiger partial charge in [-0.05, 0) is 37.5 Å². The Morgan fingerprint density at radius 2 is 2.09 bits per heavy atom. The fraction of sp³-hybridized carbons (Fsp3) is 0.647. The van der Waals surface area contributed by atoms with E-state index in [0.29, 0.717) is 29.8 Å². The SMILES string of the molecule is O[C@H]1CCN(C2CCOCC2)C[C@]1(O)COc1cccc(Cl)c1. The van der Waals surface area contributed by atoms with Gasteiger partial charge in [0.05, 0.1) is 6.10 Å². The molecule has 0 unspecified atom stereocenters. The van der Waals surface area contributed by atoms with E-state index in [-0.39, 0.29) is 6.61 Å². The first kappa shape index (κ1) is 17.0. The smallest absolute Gasteiger partial charge is 0.137 e. The van der Waals surface area contributed by atoms with Gasteiger partial charge in [0.2, 0.25) is 0 Å². The monoisotopic (exact) mass is 341 g/mol. The van der Waals surface area contributed by atoms with Crippen molar-refractivity contribution in [2.75, 3.05) is 32.9 Å². The van der Waals surface area contributed by atoms with Gasteiger partial charge in [-0.15, -0.1) is 0 Å². The lowest BCUT2D eigenvalue weighted by Gasteiger charge is -2.46. The second-order valence-electron chi connectivity index (χ2n) is 6.47. The summed E-state index contributed by atoms with van der Waals surface area (Å²) in [5, 5.41) is 21.7. The standard InChI is InChI=1S/C17H24ClNO4/c18-13-2-1-3-15(10-13)23-12-17(21)11-19(7-4-16(17)20)14-5-8-22-9-6-14/h1-3,10,14,16,20-21H,4-9,11-12H2/t16-,17-/m0/s1. The van der Waals surface area contributed by atoms with E-state index in [2.05, 4.69) is 4.90 Å².